The highest BCUT2D eigenvalue weighted by Gasteiger charge is 2.51. The summed E-state index contributed by atoms with van der Waals surface area (Å²) in [5.41, 5.74) is -0.238. The molecule has 3 aliphatic rings. The number of hydrogen-bond donors (Lipinski definition) is 2. The van der Waals surface area contributed by atoms with Gasteiger partial charge in [0.1, 0.15) is 6.54 Å². The molecular formula is C31H35N2O4+. The number of ether oxygens (including phenoxy) is 1. The van der Waals surface area contributed by atoms with Gasteiger partial charge in [0.25, 0.3) is 5.91 Å². The minimum Gasteiger partial charge on any atom is -0.453 e. The zero-order chi connectivity index (χ0) is 25.9. The van der Waals surface area contributed by atoms with Gasteiger partial charge in [0.15, 0.2) is 6.10 Å². The smallest absolute Gasteiger partial charge is 0.348 e. The van der Waals surface area contributed by atoms with Crippen molar-refractivity contribution >= 4 is 11.9 Å². The highest BCUT2D eigenvalue weighted by Crippen LogP contribution is 2.38. The maximum atomic E-state index is 13.7. The van der Waals surface area contributed by atoms with Crippen LogP contribution >= 0.6 is 0 Å². The van der Waals surface area contributed by atoms with E-state index < -0.39 is 11.6 Å². The summed E-state index contributed by atoms with van der Waals surface area (Å²) in [5.74, 6) is -0.418. The van der Waals surface area contributed by atoms with E-state index in [1.807, 2.05) is 73.7 Å². The van der Waals surface area contributed by atoms with Crippen LogP contribution in [0.1, 0.15) is 41.3 Å². The van der Waals surface area contributed by atoms with Crippen molar-refractivity contribution in [2.24, 2.45) is 5.92 Å². The van der Waals surface area contributed by atoms with Gasteiger partial charge in [0.05, 0.1) is 25.7 Å². The maximum Gasteiger partial charge on any atom is 0.348 e. The van der Waals surface area contributed by atoms with Crippen LogP contribution in [-0.4, -0.2) is 59.8 Å². The van der Waals surface area contributed by atoms with Gasteiger partial charge in [-0.25, -0.2) is 4.79 Å². The number of nitrogens with zero attached hydrogens (tertiary/aromatic N) is 1. The minimum atomic E-state index is -1.88. The summed E-state index contributed by atoms with van der Waals surface area (Å²) < 4.78 is 6.97. The molecule has 2 bridgehead atoms. The Morgan fingerprint density at radius 2 is 1.43 bits per heavy atom. The lowest BCUT2D eigenvalue weighted by molar-refractivity contribution is -0.946. The largest absolute Gasteiger partial charge is 0.453 e. The fourth-order valence-corrected chi connectivity index (χ4v) is 6.12. The summed E-state index contributed by atoms with van der Waals surface area (Å²) in [7, 11) is 0. The van der Waals surface area contributed by atoms with E-state index in [4.69, 9.17) is 4.74 Å². The molecular weight excluding hydrogens is 464 g/mol. The van der Waals surface area contributed by atoms with Crippen molar-refractivity contribution in [3.8, 4) is 0 Å². The van der Waals surface area contributed by atoms with Crippen molar-refractivity contribution < 1.29 is 23.9 Å². The molecule has 3 aromatic rings. The highest BCUT2D eigenvalue weighted by atomic mass is 16.6. The molecule has 3 saturated heterocycles. The Hall–Kier alpha value is -3.48. The second kappa shape index (κ2) is 10.5. The van der Waals surface area contributed by atoms with E-state index in [1.165, 1.54) is 0 Å². The first kappa shape index (κ1) is 25.2. The number of carbonyl (C=O) groups excluding carboxylic acids is 2. The summed E-state index contributed by atoms with van der Waals surface area (Å²) in [6, 6.07) is 27.3. The summed E-state index contributed by atoms with van der Waals surface area (Å²) in [6.07, 6.45) is 1.66. The van der Waals surface area contributed by atoms with Gasteiger partial charge in [0.2, 0.25) is 5.60 Å². The fraction of sp³-hybridized carbons (Fsp3) is 0.355. The van der Waals surface area contributed by atoms with E-state index >= 15 is 0 Å². The van der Waals surface area contributed by atoms with E-state index in [9.17, 15) is 14.7 Å². The molecule has 0 aliphatic carbocycles. The molecule has 6 rings (SSSR count). The summed E-state index contributed by atoms with van der Waals surface area (Å²) in [6.45, 7) is 5.53. The van der Waals surface area contributed by atoms with Crippen LogP contribution in [0.3, 0.4) is 0 Å². The van der Waals surface area contributed by atoms with Crippen LogP contribution in [0, 0.1) is 5.92 Å². The molecule has 1 amide bonds. The predicted octanol–water partition coefficient (Wildman–Crippen LogP) is 3.89. The molecule has 2 N–H and O–H groups in total. The maximum absolute atomic E-state index is 13.7. The summed E-state index contributed by atoms with van der Waals surface area (Å²) in [5, 5.41) is 15.0. The lowest BCUT2D eigenvalue weighted by atomic mass is 9.82. The van der Waals surface area contributed by atoms with E-state index in [0.29, 0.717) is 23.2 Å². The first-order chi connectivity index (χ1) is 17.9. The van der Waals surface area contributed by atoms with Gasteiger partial charge < -0.3 is 19.6 Å². The molecule has 3 aromatic carbocycles. The number of fused-ring (bicyclic) bond motifs is 3. The number of rotatable bonds is 8. The molecule has 0 aromatic heterocycles. The van der Waals surface area contributed by atoms with Crippen LogP contribution in [0.5, 0.6) is 0 Å². The molecule has 6 heteroatoms. The normalized spacial score (nSPS) is 23.7. The Bertz CT molecular complexity index is 1170. The zero-order valence-corrected chi connectivity index (χ0v) is 21.3. The van der Waals surface area contributed by atoms with Crippen molar-refractivity contribution in [3.05, 3.63) is 108 Å². The van der Waals surface area contributed by atoms with E-state index in [0.717, 1.165) is 37.0 Å². The average Bonchev–Trinajstić information content (AvgIpc) is 2.94. The fourth-order valence-electron chi connectivity index (χ4n) is 6.12. The molecule has 1 unspecified atom stereocenters. The van der Waals surface area contributed by atoms with Crippen LogP contribution in [0.4, 0.5) is 0 Å². The van der Waals surface area contributed by atoms with Gasteiger partial charge in [-0.15, -0.1) is 0 Å². The van der Waals surface area contributed by atoms with Crippen LogP contribution in [-0.2, 0) is 15.1 Å². The third kappa shape index (κ3) is 5.17. The molecule has 6 nitrogen and oxygen atoms in total. The second-order valence-electron chi connectivity index (χ2n) is 10.6. The number of piperidine rings is 3. The van der Waals surface area contributed by atoms with Crippen LogP contribution in [0.2, 0.25) is 0 Å². The van der Waals surface area contributed by atoms with E-state index in [1.54, 1.807) is 24.3 Å². The third-order valence-electron chi connectivity index (χ3n) is 8.05. The lowest BCUT2D eigenvalue weighted by Gasteiger charge is -2.53. The number of amides is 1. The molecule has 37 heavy (non-hydrogen) atoms. The number of esters is 1. The highest BCUT2D eigenvalue weighted by molar-refractivity contribution is 5.94. The first-order valence-electron chi connectivity index (χ1n) is 13.2. The Labute approximate surface area is 218 Å². The molecule has 0 saturated carbocycles. The van der Waals surface area contributed by atoms with Gasteiger partial charge in [-0.2, -0.15) is 0 Å². The average molecular weight is 500 g/mol. The quantitative estimate of drug-likeness (QED) is 0.364. The van der Waals surface area contributed by atoms with Gasteiger partial charge in [-0.3, -0.25) is 4.79 Å². The molecule has 192 valence electrons. The Morgan fingerprint density at radius 1 is 0.919 bits per heavy atom. The van der Waals surface area contributed by atoms with Crippen LogP contribution in [0.25, 0.3) is 0 Å². The Kier molecular flexibility index (Phi) is 7.13. The number of aliphatic hydroxyl groups is 1. The molecule has 0 radical (unpaired) electrons. The molecule has 0 spiro atoms. The lowest BCUT2D eigenvalue weighted by Crippen LogP contribution is -2.67. The number of nitrogens with one attached hydrogen (secondary N) is 1. The van der Waals surface area contributed by atoms with Gasteiger partial charge in [-0.05, 0) is 30.2 Å². The molecule has 2 atom stereocenters. The molecule has 3 heterocycles. The third-order valence-corrected chi connectivity index (χ3v) is 8.05. The number of hydrogen-bond acceptors (Lipinski definition) is 4. The van der Waals surface area contributed by atoms with Crippen molar-refractivity contribution in [3.63, 3.8) is 0 Å². The minimum absolute atomic E-state index is 0.0238. The van der Waals surface area contributed by atoms with Crippen LogP contribution in [0.15, 0.2) is 91.0 Å². The monoisotopic (exact) mass is 499 g/mol. The van der Waals surface area contributed by atoms with Gasteiger partial charge >= 0.3 is 5.97 Å². The van der Waals surface area contributed by atoms with Crippen molar-refractivity contribution in [1.82, 2.24) is 5.32 Å². The molecule has 3 aliphatic heterocycles. The standard InChI is InChI=1S/C31H34N2O4/c1-23(32-29(34)25-11-5-2-6-12-25)21-33-19-17-24(18-20-33)28(22-33)37-30(35)31(36,26-13-7-3-8-14-26)27-15-9-4-10-16-27/h2-16,23-24,28,36H,17-22H2,1H3/p+1/t23?,24?,28-,33?/m0/s1. The summed E-state index contributed by atoms with van der Waals surface area (Å²) >= 11 is 0. The Balaban J connectivity index is 1.30. The second-order valence-corrected chi connectivity index (χ2v) is 10.6. The van der Waals surface area contributed by atoms with Crippen molar-refractivity contribution in [2.75, 3.05) is 26.2 Å². The number of benzene rings is 3. The summed E-state index contributed by atoms with van der Waals surface area (Å²) in [4.78, 5) is 26.4. The topological polar surface area (TPSA) is 75.6 Å². The van der Waals surface area contributed by atoms with E-state index in [-0.39, 0.29) is 24.0 Å². The Morgan fingerprint density at radius 3 is 1.97 bits per heavy atom. The van der Waals surface area contributed by atoms with Gasteiger partial charge in [0, 0.05) is 24.3 Å². The van der Waals surface area contributed by atoms with Crippen molar-refractivity contribution in [1.29, 1.82) is 0 Å². The SMILES string of the molecule is CC(C[N+]12CCC(CC1)[C@@H](OC(=O)C(O)(c1ccccc1)c1ccccc1)C2)NC(=O)c1ccccc1. The number of carbonyl (C=O) groups is 2. The van der Waals surface area contributed by atoms with E-state index in [2.05, 4.69) is 5.32 Å². The first-order valence-corrected chi connectivity index (χ1v) is 13.2. The van der Waals surface area contributed by atoms with Crippen molar-refractivity contribution in [2.45, 2.75) is 37.5 Å². The molecule has 3 fully saturated rings. The van der Waals surface area contributed by atoms with Crippen LogP contribution < -0.4 is 5.32 Å². The zero-order valence-electron chi connectivity index (χ0n) is 21.3. The van der Waals surface area contributed by atoms with Gasteiger partial charge in [-0.1, -0.05) is 78.9 Å². The predicted molar refractivity (Wildman–Crippen MR) is 142 cm³/mol. The number of quaternary nitrogens is 1.